The molecule has 32 heavy (non-hydrogen) atoms. The van der Waals surface area contributed by atoms with Gasteiger partial charge in [-0.3, -0.25) is 9.59 Å². The first-order valence-corrected chi connectivity index (χ1v) is 10.4. The van der Waals surface area contributed by atoms with E-state index in [0.717, 1.165) is 17.7 Å². The van der Waals surface area contributed by atoms with Crippen LogP contribution in [0, 0.1) is 5.92 Å². The minimum atomic E-state index is -1.44. The molecule has 0 amide bonds. The van der Waals surface area contributed by atoms with E-state index in [1.54, 1.807) is 24.5 Å². The molecule has 1 unspecified atom stereocenters. The van der Waals surface area contributed by atoms with Gasteiger partial charge in [-0.2, -0.15) is 0 Å². The van der Waals surface area contributed by atoms with Crippen molar-refractivity contribution in [3.05, 3.63) is 95.8 Å². The number of carbonyl (C=O) groups is 2. The van der Waals surface area contributed by atoms with Crippen molar-refractivity contribution in [3.8, 4) is 0 Å². The third-order valence-electron chi connectivity index (χ3n) is 5.59. The maximum atomic E-state index is 11.1. The topological polar surface area (TPSA) is 104 Å². The third kappa shape index (κ3) is 4.37. The number of benzene rings is 2. The first-order valence-electron chi connectivity index (χ1n) is 10.4. The molecule has 3 aromatic rings. The minimum Gasteiger partial charge on any atom is -0.481 e. The summed E-state index contributed by atoms with van der Waals surface area (Å²) < 4.78 is 0. The maximum absolute atomic E-state index is 11.1. The van der Waals surface area contributed by atoms with E-state index in [0.29, 0.717) is 12.4 Å². The van der Waals surface area contributed by atoms with Crippen LogP contribution in [0.1, 0.15) is 29.2 Å². The van der Waals surface area contributed by atoms with Gasteiger partial charge in [0.1, 0.15) is 0 Å². The molecule has 0 saturated carbocycles. The Labute approximate surface area is 185 Å². The molecule has 2 aromatic carbocycles. The van der Waals surface area contributed by atoms with Crippen LogP contribution >= 0.6 is 0 Å². The second-order valence-electron chi connectivity index (χ2n) is 7.61. The van der Waals surface area contributed by atoms with Crippen molar-refractivity contribution in [3.63, 3.8) is 0 Å². The lowest BCUT2D eigenvalue weighted by atomic mass is 10.0. The number of allylic oxidation sites excluding steroid dienone is 2. The number of aliphatic carboxylic acids is 2. The second kappa shape index (κ2) is 9.43. The smallest absolute Gasteiger partial charge is 0.318 e. The Kier molecular flexibility index (Phi) is 6.26. The van der Waals surface area contributed by atoms with E-state index >= 15 is 0 Å². The predicted octanol–water partition coefficient (Wildman–Crippen LogP) is 4.19. The SMILES string of the molecule is O=C(O)C(C/C=C/Cc1cccc2c1N(c1ncccn1)C(c1ccccc1)C2)C(=O)O. The molecule has 1 aliphatic rings. The van der Waals surface area contributed by atoms with E-state index in [2.05, 4.69) is 33.1 Å². The van der Waals surface area contributed by atoms with Crippen LogP contribution in [-0.4, -0.2) is 32.1 Å². The van der Waals surface area contributed by atoms with Gasteiger partial charge in [0.05, 0.1) is 11.7 Å². The Bertz CT molecular complexity index is 1120. The quantitative estimate of drug-likeness (QED) is 0.409. The molecule has 0 aliphatic carbocycles. The van der Waals surface area contributed by atoms with E-state index in [1.165, 1.54) is 11.1 Å². The summed E-state index contributed by atoms with van der Waals surface area (Å²) in [5, 5.41) is 18.1. The molecule has 162 valence electrons. The second-order valence-corrected chi connectivity index (χ2v) is 7.61. The number of carboxylic acid groups (broad SMARTS) is 2. The van der Waals surface area contributed by atoms with Crippen LogP contribution in [0.2, 0.25) is 0 Å². The number of nitrogens with zero attached hydrogens (tertiary/aromatic N) is 3. The van der Waals surface area contributed by atoms with Crippen molar-refractivity contribution in [1.29, 1.82) is 0 Å². The molecule has 0 fully saturated rings. The fourth-order valence-electron chi connectivity index (χ4n) is 4.09. The summed E-state index contributed by atoms with van der Waals surface area (Å²) in [5.41, 5.74) is 4.45. The lowest BCUT2D eigenvalue weighted by molar-refractivity contribution is -0.154. The number of rotatable bonds is 8. The van der Waals surface area contributed by atoms with Gasteiger partial charge < -0.3 is 15.1 Å². The van der Waals surface area contributed by atoms with Gasteiger partial charge in [0.2, 0.25) is 5.95 Å². The number of carboxylic acids is 2. The van der Waals surface area contributed by atoms with Crippen LogP contribution in [-0.2, 0) is 22.4 Å². The molecule has 4 rings (SSSR count). The van der Waals surface area contributed by atoms with Crippen molar-refractivity contribution in [1.82, 2.24) is 9.97 Å². The molecular weight excluding hydrogens is 406 g/mol. The number of para-hydroxylation sites is 1. The molecule has 2 heterocycles. The van der Waals surface area contributed by atoms with Gasteiger partial charge in [0, 0.05) is 12.4 Å². The van der Waals surface area contributed by atoms with E-state index < -0.39 is 17.9 Å². The van der Waals surface area contributed by atoms with Gasteiger partial charge in [-0.1, -0.05) is 60.7 Å². The number of fused-ring (bicyclic) bond motifs is 1. The van der Waals surface area contributed by atoms with Crippen LogP contribution in [0.4, 0.5) is 11.6 Å². The summed E-state index contributed by atoms with van der Waals surface area (Å²) in [6.07, 6.45) is 8.20. The summed E-state index contributed by atoms with van der Waals surface area (Å²) in [6.45, 7) is 0. The summed E-state index contributed by atoms with van der Waals surface area (Å²) >= 11 is 0. The number of hydrogen-bond donors (Lipinski definition) is 2. The summed E-state index contributed by atoms with van der Waals surface area (Å²) in [4.78, 5) is 33.3. The van der Waals surface area contributed by atoms with Gasteiger partial charge in [-0.15, -0.1) is 0 Å². The highest BCUT2D eigenvalue weighted by Gasteiger charge is 2.34. The number of aromatic nitrogens is 2. The predicted molar refractivity (Wildman–Crippen MR) is 120 cm³/mol. The van der Waals surface area contributed by atoms with Crippen LogP contribution < -0.4 is 4.90 Å². The Morgan fingerprint density at radius 2 is 1.69 bits per heavy atom. The van der Waals surface area contributed by atoms with Crippen molar-refractivity contribution >= 4 is 23.6 Å². The van der Waals surface area contributed by atoms with Crippen LogP contribution in [0.5, 0.6) is 0 Å². The molecule has 1 aromatic heterocycles. The fourth-order valence-corrected chi connectivity index (χ4v) is 4.09. The number of hydrogen-bond acceptors (Lipinski definition) is 5. The minimum absolute atomic E-state index is 0.0575. The van der Waals surface area contributed by atoms with Crippen LogP contribution in [0.15, 0.2) is 79.1 Å². The third-order valence-corrected chi connectivity index (χ3v) is 5.59. The zero-order valence-corrected chi connectivity index (χ0v) is 17.3. The van der Waals surface area contributed by atoms with Crippen LogP contribution in [0.25, 0.3) is 0 Å². The first kappa shape index (κ1) is 21.2. The van der Waals surface area contributed by atoms with Crippen molar-refractivity contribution < 1.29 is 19.8 Å². The van der Waals surface area contributed by atoms with E-state index in [4.69, 9.17) is 10.2 Å². The van der Waals surface area contributed by atoms with E-state index in [9.17, 15) is 9.59 Å². The molecule has 7 nitrogen and oxygen atoms in total. The van der Waals surface area contributed by atoms with Crippen molar-refractivity contribution in [2.24, 2.45) is 5.92 Å². The summed E-state index contributed by atoms with van der Waals surface area (Å²) in [5.74, 6) is -3.49. The summed E-state index contributed by atoms with van der Waals surface area (Å²) in [7, 11) is 0. The van der Waals surface area contributed by atoms with Gasteiger partial charge >= 0.3 is 11.9 Å². The Balaban J connectivity index is 1.65. The Morgan fingerprint density at radius 3 is 2.38 bits per heavy atom. The Hall–Kier alpha value is -4.00. The molecule has 7 heteroatoms. The molecule has 0 bridgehead atoms. The van der Waals surface area contributed by atoms with E-state index in [-0.39, 0.29) is 12.5 Å². The molecule has 2 N–H and O–H groups in total. The highest BCUT2D eigenvalue weighted by atomic mass is 16.4. The zero-order valence-electron chi connectivity index (χ0n) is 17.3. The number of anilines is 2. The maximum Gasteiger partial charge on any atom is 0.318 e. The summed E-state index contributed by atoms with van der Waals surface area (Å²) in [6, 6.07) is 18.2. The highest BCUT2D eigenvalue weighted by molar-refractivity contribution is 5.93. The van der Waals surface area contributed by atoms with Crippen molar-refractivity contribution in [2.75, 3.05) is 4.90 Å². The lowest BCUT2D eigenvalue weighted by Crippen LogP contribution is -2.22. The zero-order chi connectivity index (χ0) is 22.5. The molecule has 0 radical (unpaired) electrons. The van der Waals surface area contributed by atoms with Gasteiger partial charge in [-0.05, 0) is 42.0 Å². The average molecular weight is 429 g/mol. The fraction of sp³-hybridized carbons (Fsp3) is 0.200. The van der Waals surface area contributed by atoms with Gasteiger partial charge in [0.15, 0.2) is 5.92 Å². The average Bonchev–Trinajstić information content (AvgIpc) is 3.20. The normalized spacial score (nSPS) is 15.3. The molecule has 0 saturated heterocycles. The highest BCUT2D eigenvalue weighted by Crippen LogP contribution is 2.46. The largest absolute Gasteiger partial charge is 0.481 e. The lowest BCUT2D eigenvalue weighted by Gasteiger charge is -2.27. The molecular formula is C25H23N3O4. The standard InChI is InChI=1S/C25H23N3O4/c29-23(30)20(24(31)32)13-5-4-10-18-11-6-12-19-16-21(17-8-2-1-3-9-17)28(22(18)19)25-26-14-7-15-27-25/h1-9,11-12,14-15,20-21H,10,13,16H2,(H,29,30)(H,31,32)/b5-4+. The van der Waals surface area contributed by atoms with Gasteiger partial charge in [0.25, 0.3) is 0 Å². The molecule has 1 aliphatic heterocycles. The monoisotopic (exact) mass is 429 g/mol. The molecule has 1 atom stereocenters. The Morgan fingerprint density at radius 1 is 0.969 bits per heavy atom. The van der Waals surface area contributed by atoms with Crippen LogP contribution in [0.3, 0.4) is 0 Å². The first-order chi connectivity index (χ1) is 15.6. The van der Waals surface area contributed by atoms with Gasteiger partial charge in [-0.25, -0.2) is 9.97 Å². The van der Waals surface area contributed by atoms with Crippen molar-refractivity contribution in [2.45, 2.75) is 25.3 Å². The van der Waals surface area contributed by atoms with E-state index in [1.807, 2.05) is 36.4 Å². The molecule has 0 spiro atoms.